The van der Waals surface area contributed by atoms with Crippen molar-refractivity contribution < 1.29 is 58.0 Å². The first-order valence-corrected chi connectivity index (χ1v) is 21.6. The summed E-state index contributed by atoms with van der Waals surface area (Å²) >= 11 is 0. The minimum Gasteiger partial charge on any atom is -0.462 e. The van der Waals surface area contributed by atoms with Crippen molar-refractivity contribution in [2.45, 2.75) is 167 Å². The average molecular weight is 789 g/mol. The van der Waals surface area contributed by atoms with E-state index >= 15 is 0 Å². The van der Waals surface area contributed by atoms with E-state index in [2.05, 4.69) is 55.7 Å². The molecule has 54 heavy (non-hydrogen) atoms. The highest BCUT2D eigenvalue weighted by Crippen LogP contribution is 2.43. The highest BCUT2D eigenvalue weighted by atomic mass is 31.2. The molecule has 314 valence electrons. The van der Waals surface area contributed by atoms with Crippen molar-refractivity contribution in [1.82, 2.24) is 0 Å². The first kappa shape index (κ1) is 51.9. The molecule has 0 aliphatic rings. The number of allylic oxidation sites excluding steroid dienone is 7. The van der Waals surface area contributed by atoms with Crippen molar-refractivity contribution in [3.05, 3.63) is 48.6 Å². The Morgan fingerprint density at radius 1 is 0.648 bits per heavy atom. The summed E-state index contributed by atoms with van der Waals surface area (Å²) in [5, 5.41) is 39.0. The summed E-state index contributed by atoms with van der Waals surface area (Å²) in [4.78, 5) is 34.9. The Bertz CT molecular complexity index is 1090. The Morgan fingerprint density at radius 3 is 1.78 bits per heavy atom. The summed E-state index contributed by atoms with van der Waals surface area (Å²) in [6.07, 6.45) is 26.9. The van der Waals surface area contributed by atoms with E-state index in [1.54, 1.807) is 6.08 Å². The molecule has 2 unspecified atom stereocenters. The summed E-state index contributed by atoms with van der Waals surface area (Å²) in [5.74, 6) is -0.424. The quantitative estimate of drug-likeness (QED) is 0.0179. The van der Waals surface area contributed by atoms with Crippen molar-refractivity contribution in [2.24, 2.45) is 5.92 Å². The number of hydrogen-bond acceptors (Lipinski definition) is 11. The third-order valence-corrected chi connectivity index (χ3v) is 9.69. The van der Waals surface area contributed by atoms with E-state index in [-0.39, 0.29) is 32.1 Å². The normalized spacial score (nSPS) is 16.2. The van der Waals surface area contributed by atoms with Gasteiger partial charge in [-0.25, -0.2) is 4.57 Å². The van der Waals surface area contributed by atoms with Gasteiger partial charge in [0.05, 0.1) is 32.0 Å². The van der Waals surface area contributed by atoms with Gasteiger partial charge in [-0.05, 0) is 57.3 Å². The average Bonchev–Trinajstić information content (AvgIpc) is 3.15. The summed E-state index contributed by atoms with van der Waals surface area (Å²) in [6.45, 7) is 4.20. The van der Waals surface area contributed by atoms with Gasteiger partial charge in [-0.3, -0.25) is 18.6 Å². The SMILES string of the molecule is CC/C=C\C/C=C\C/C=C\C/C=C\C[C@@H](O)[C@H](O)CCCC(=O)O[C@H](COC(=O)CCCCCCCCCCC(C)CC)COP(=O)(O)OC[C@@H](O)CO. The van der Waals surface area contributed by atoms with E-state index in [1.807, 2.05) is 12.2 Å². The number of unbranched alkanes of at least 4 members (excludes halogenated alkanes) is 7. The van der Waals surface area contributed by atoms with Gasteiger partial charge in [0.25, 0.3) is 0 Å². The number of carbonyl (C=O) groups is 2. The maximum absolute atomic E-state index is 12.6. The number of aliphatic hydroxyl groups is 4. The molecule has 0 bridgehead atoms. The van der Waals surface area contributed by atoms with Crippen LogP contribution in [-0.4, -0.2) is 88.1 Å². The van der Waals surface area contributed by atoms with Gasteiger partial charge in [0.15, 0.2) is 6.10 Å². The number of phosphoric acid groups is 1. The van der Waals surface area contributed by atoms with Crippen LogP contribution in [0.25, 0.3) is 0 Å². The van der Waals surface area contributed by atoms with E-state index in [4.69, 9.17) is 19.1 Å². The predicted octanol–water partition coefficient (Wildman–Crippen LogP) is 7.96. The van der Waals surface area contributed by atoms with Gasteiger partial charge in [0.1, 0.15) is 12.7 Å². The number of carbonyl (C=O) groups excluding carboxylic acids is 2. The fourth-order valence-electron chi connectivity index (χ4n) is 5.11. The number of ether oxygens (including phenoxy) is 2. The molecule has 0 amide bonds. The Kier molecular flexibility index (Phi) is 33.9. The first-order chi connectivity index (χ1) is 25.9. The number of hydrogen-bond donors (Lipinski definition) is 5. The zero-order valence-electron chi connectivity index (χ0n) is 33.3. The predicted molar refractivity (Wildman–Crippen MR) is 212 cm³/mol. The minimum atomic E-state index is -4.70. The lowest BCUT2D eigenvalue weighted by Crippen LogP contribution is -2.30. The van der Waals surface area contributed by atoms with Crippen LogP contribution in [0.2, 0.25) is 0 Å². The van der Waals surface area contributed by atoms with Crippen LogP contribution in [0.1, 0.15) is 143 Å². The van der Waals surface area contributed by atoms with Crippen LogP contribution in [0.15, 0.2) is 48.6 Å². The molecule has 0 aromatic rings. The molecular formula is C41H73O12P. The lowest BCUT2D eigenvalue weighted by molar-refractivity contribution is -0.161. The number of esters is 2. The first-order valence-electron chi connectivity index (χ1n) is 20.2. The van der Waals surface area contributed by atoms with Crippen molar-refractivity contribution in [2.75, 3.05) is 26.4 Å². The molecule has 0 fully saturated rings. The molecule has 12 nitrogen and oxygen atoms in total. The van der Waals surface area contributed by atoms with Crippen LogP contribution in [0.3, 0.4) is 0 Å². The lowest BCUT2D eigenvalue weighted by Gasteiger charge is -2.20. The molecule has 0 aliphatic heterocycles. The highest BCUT2D eigenvalue weighted by Gasteiger charge is 2.27. The highest BCUT2D eigenvalue weighted by molar-refractivity contribution is 7.47. The van der Waals surface area contributed by atoms with Crippen molar-refractivity contribution in [3.63, 3.8) is 0 Å². The summed E-state index contributed by atoms with van der Waals surface area (Å²) in [5.41, 5.74) is 0. The van der Waals surface area contributed by atoms with E-state index in [1.165, 1.54) is 38.5 Å². The molecular weight excluding hydrogens is 715 g/mol. The van der Waals surface area contributed by atoms with Crippen LogP contribution in [0.5, 0.6) is 0 Å². The van der Waals surface area contributed by atoms with Crippen molar-refractivity contribution >= 4 is 19.8 Å². The Balaban J connectivity index is 4.63. The minimum absolute atomic E-state index is 0.130. The molecule has 0 spiro atoms. The lowest BCUT2D eigenvalue weighted by atomic mass is 9.99. The number of phosphoric ester groups is 1. The van der Waals surface area contributed by atoms with E-state index in [9.17, 15) is 34.4 Å². The standard InChI is InChI=1S/C41H73O12P/c1-4-6-7-8-9-10-11-12-13-17-20-23-27-38(44)39(45)28-25-30-41(47)53-37(34-52-54(48,49)51-32-36(43)31-42)33-50-40(46)29-24-21-18-15-14-16-19-22-26-35(3)5-2/h6-7,9-10,12-13,20,23,35-39,42-45H,4-5,8,11,14-19,21-22,24-34H2,1-3H3,(H,48,49)/b7-6-,10-9-,13-12-,23-20-/t35?,36-,37+,38+,39+/m0/s1. The van der Waals surface area contributed by atoms with E-state index < -0.39 is 70.6 Å². The smallest absolute Gasteiger partial charge is 0.462 e. The zero-order valence-corrected chi connectivity index (χ0v) is 34.2. The molecule has 0 aromatic heterocycles. The molecule has 6 atom stereocenters. The molecule has 0 saturated heterocycles. The van der Waals surface area contributed by atoms with Crippen LogP contribution in [0.4, 0.5) is 0 Å². The Hall–Kier alpha value is -2.15. The van der Waals surface area contributed by atoms with Gasteiger partial charge in [-0.15, -0.1) is 0 Å². The second kappa shape index (κ2) is 35.3. The molecule has 13 heteroatoms. The monoisotopic (exact) mass is 788 g/mol. The largest absolute Gasteiger partial charge is 0.472 e. The second-order valence-electron chi connectivity index (χ2n) is 13.8. The maximum Gasteiger partial charge on any atom is 0.472 e. The molecule has 5 N–H and O–H groups in total. The van der Waals surface area contributed by atoms with Crippen molar-refractivity contribution in [1.29, 1.82) is 0 Å². The third kappa shape index (κ3) is 33.2. The van der Waals surface area contributed by atoms with Gasteiger partial charge < -0.3 is 34.8 Å². The number of rotatable bonds is 36. The van der Waals surface area contributed by atoms with Crippen LogP contribution >= 0.6 is 7.82 Å². The van der Waals surface area contributed by atoms with Gasteiger partial charge in [-0.2, -0.15) is 0 Å². The van der Waals surface area contributed by atoms with Crippen LogP contribution in [0, 0.1) is 5.92 Å². The molecule has 0 rings (SSSR count). The molecule has 0 saturated carbocycles. The Labute approximate surface area is 325 Å². The van der Waals surface area contributed by atoms with Gasteiger partial charge >= 0.3 is 19.8 Å². The molecule has 0 aromatic carbocycles. The molecule has 0 heterocycles. The van der Waals surface area contributed by atoms with Gasteiger partial charge in [-0.1, -0.05) is 127 Å². The van der Waals surface area contributed by atoms with Crippen molar-refractivity contribution in [3.8, 4) is 0 Å². The maximum atomic E-state index is 12.6. The van der Waals surface area contributed by atoms with Gasteiger partial charge in [0, 0.05) is 12.8 Å². The van der Waals surface area contributed by atoms with E-state index in [0.717, 1.165) is 44.4 Å². The summed E-state index contributed by atoms with van der Waals surface area (Å²) < 4.78 is 32.4. The topological polar surface area (TPSA) is 189 Å². The van der Waals surface area contributed by atoms with Crippen LogP contribution < -0.4 is 0 Å². The second-order valence-corrected chi connectivity index (χ2v) is 15.3. The fraction of sp³-hybridized carbons (Fsp3) is 0.756. The van der Waals surface area contributed by atoms with Gasteiger partial charge in [0.2, 0.25) is 0 Å². The third-order valence-electron chi connectivity index (χ3n) is 8.74. The fourth-order valence-corrected chi connectivity index (χ4v) is 5.90. The Morgan fingerprint density at radius 2 is 1.19 bits per heavy atom. The molecule has 0 radical (unpaired) electrons. The van der Waals surface area contributed by atoms with E-state index in [0.29, 0.717) is 12.8 Å². The zero-order chi connectivity index (χ0) is 40.3. The summed E-state index contributed by atoms with van der Waals surface area (Å²) in [7, 11) is -4.70. The molecule has 0 aliphatic carbocycles. The summed E-state index contributed by atoms with van der Waals surface area (Å²) in [6, 6.07) is 0. The van der Waals surface area contributed by atoms with Crippen LogP contribution in [-0.2, 0) is 32.7 Å². The number of aliphatic hydroxyl groups excluding tert-OH is 4.